The van der Waals surface area contributed by atoms with E-state index in [1.165, 1.54) is 13.3 Å². The molecule has 9 nitrogen and oxygen atoms in total. The Morgan fingerprint density at radius 1 is 1.35 bits per heavy atom. The van der Waals surface area contributed by atoms with Gasteiger partial charge in [0.1, 0.15) is 5.56 Å². The van der Waals surface area contributed by atoms with Crippen molar-refractivity contribution in [3.8, 4) is 5.88 Å². The molecule has 1 fully saturated rings. The summed E-state index contributed by atoms with van der Waals surface area (Å²) in [6.45, 7) is 4.38. The standard InChI is InChI=1S/C24H28ClN5O4/c1-14-12-15(9-11-34-14)30-19(31)13-24(2,29-23(30)26)17-7-4-8-18(20(17)25)28-21(32)16-6-5-10-27-22(16)33-3/h4-8,10,14-15H,9,11-13H2,1-3H3,(H2,26,29)(H,28,32)/t14-,15-,24+/m1/s1. The maximum Gasteiger partial charge on any atom is 0.261 e. The van der Waals surface area contributed by atoms with E-state index in [0.29, 0.717) is 35.7 Å². The number of nitrogens with two attached hydrogens (primary N) is 1. The average Bonchev–Trinajstić information content (AvgIpc) is 2.79. The molecule has 4 rings (SSSR count). The normalized spacial score (nSPS) is 25.0. The molecule has 3 heterocycles. The zero-order chi connectivity index (χ0) is 24.5. The number of pyridine rings is 1. The van der Waals surface area contributed by atoms with Crippen LogP contribution in [0.2, 0.25) is 5.02 Å². The lowest BCUT2D eigenvalue weighted by Gasteiger charge is -2.41. The highest BCUT2D eigenvalue weighted by Crippen LogP contribution is 2.41. The number of hydrogen-bond donors (Lipinski definition) is 2. The van der Waals surface area contributed by atoms with E-state index in [-0.39, 0.29) is 41.9 Å². The second-order valence-electron chi connectivity index (χ2n) is 8.73. The summed E-state index contributed by atoms with van der Waals surface area (Å²) in [6, 6.07) is 8.44. The Balaban J connectivity index is 1.62. The number of nitrogens with zero attached hydrogens (tertiary/aromatic N) is 3. The molecular formula is C24H28ClN5O4. The highest BCUT2D eigenvalue weighted by atomic mass is 35.5. The Morgan fingerprint density at radius 3 is 2.85 bits per heavy atom. The van der Waals surface area contributed by atoms with Gasteiger partial charge in [0.15, 0.2) is 5.96 Å². The number of ether oxygens (including phenoxy) is 2. The lowest BCUT2D eigenvalue weighted by atomic mass is 9.86. The maximum absolute atomic E-state index is 13.2. The van der Waals surface area contributed by atoms with E-state index in [0.717, 1.165) is 0 Å². The van der Waals surface area contributed by atoms with Crippen molar-refractivity contribution < 1.29 is 19.1 Å². The van der Waals surface area contributed by atoms with Gasteiger partial charge in [-0.25, -0.2) is 9.98 Å². The van der Waals surface area contributed by atoms with E-state index < -0.39 is 11.4 Å². The number of methoxy groups -OCH3 is 1. The molecule has 2 aromatic rings. The van der Waals surface area contributed by atoms with Crippen molar-refractivity contribution in [1.29, 1.82) is 0 Å². The van der Waals surface area contributed by atoms with Crippen molar-refractivity contribution in [1.82, 2.24) is 9.88 Å². The molecular weight excluding hydrogens is 458 g/mol. The van der Waals surface area contributed by atoms with Crippen LogP contribution in [0.5, 0.6) is 5.88 Å². The summed E-state index contributed by atoms with van der Waals surface area (Å²) in [7, 11) is 1.44. The largest absolute Gasteiger partial charge is 0.480 e. The van der Waals surface area contributed by atoms with Gasteiger partial charge in [-0.1, -0.05) is 23.7 Å². The average molecular weight is 486 g/mol. The predicted octanol–water partition coefficient (Wildman–Crippen LogP) is 3.33. The quantitative estimate of drug-likeness (QED) is 0.670. The molecule has 2 aliphatic rings. The van der Waals surface area contributed by atoms with E-state index in [2.05, 4.69) is 10.3 Å². The van der Waals surface area contributed by atoms with E-state index in [4.69, 9.17) is 31.8 Å². The summed E-state index contributed by atoms with van der Waals surface area (Å²) in [4.78, 5) is 36.4. The van der Waals surface area contributed by atoms with Crippen LogP contribution < -0.4 is 15.8 Å². The lowest BCUT2D eigenvalue weighted by Crippen LogP contribution is -2.56. The fraction of sp³-hybridized carbons (Fsp3) is 0.417. The zero-order valence-electron chi connectivity index (χ0n) is 19.4. The summed E-state index contributed by atoms with van der Waals surface area (Å²) in [5.41, 5.74) is 6.60. The molecule has 0 unspecified atom stereocenters. The number of benzene rings is 1. The molecule has 0 saturated carbocycles. The summed E-state index contributed by atoms with van der Waals surface area (Å²) in [5, 5.41) is 3.10. The number of guanidine groups is 1. The number of rotatable bonds is 5. The summed E-state index contributed by atoms with van der Waals surface area (Å²) in [6.07, 6.45) is 3.12. The molecule has 2 amide bonds. The van der Waals surface area contributed by atoms with Crippen LogP contribution in [0.3, 0.4) is 0 Å². The first-order chi connectivity index (χ1) is 16.2. The Labute approximate surface area is 203 Å². The third-order valence-corrected chi connectivity index (χ3v) is 6.64. The van der Waals surface area contributed by atoms with Crippen LogP contribution in [0, 0.1) is 0 Å². The van der Waals surface area contributed by atoms with Crippen molar-refractivity contribution in [2.45, 2.75) is 50.8 Å². The first-order valence-electron chi connectivity index (χ1n) is 11.1. The Bertz CT molecular complexity index is 1140. The minimum atomic E-state index is -0.974. The minimum absolute atomic E-state index is 0.0416. The van der Waals surface area contributed by atoms with Crippen LogP contribution in [-0.2, 0) is 15.1 Å². The molecule has 180 valence electrons. The third kappa shape index (κ3) is 4.58. The molecule has 3 N–H and O–H groups in total. The number of carbonyl (C=O) groups is 2. The number of carbonyl (C=O) groups excluding carboxylic acids is 2. The van der Waals surface area contributed by atoms with Crippen LogP contribution in [0.15, 0.2) is 41.5 Å². The highest BCUT2D eigenvalue weighted by Gasteiger charge is 2.42. The van der Waals surface area contributed by atoms with Gasteiger partial charge in [0.25, 0.3) is 5.91 Å². The van der Waals surface area contributed by atoms with Crippen LogP contribution in [0.25, 0.3) is 0 Å². The molecule has 0 aliphatic carbocycles. The fourth-order valence-corrected chi connectivity index (χ4v) is 4.95. The molecule has 1 aromatic carbocycles. The van der Waals surface area contributed by atoms with Crippen LogP contribution in [-0.4, -0.2) is 53.5 Å². The molecule has 3 atom stereocenters. The molecule has 1 aromatic heterocycles. The molecule has 0 bridgehead atoms. The summed E-state index contributed by atoms with van der Waals surface area (Å²) >= 11 is 6.72. The summed E-state index contributed by atoms with van der Waals surface area (Å²) < 4.78 is 10.8. The van der Waals surface area contributed by atoms with Gasteiger partial charge in [0.05, 0.1) is 35.9 Å². The Morgan fingerprint density at radius 2 is 2.15 bits per heavy atom. The fourth-order valence-electron chi connectivity index (χ4n) is 4.57. The minimum Gasteiger partial charge on any atom is -0.480 e. The predicted molar refractivity (Wildman–Crippen MR) is 129 cm³/mol. The van der Waals surface area contributed by atoms with Crippen LogP contribution in [0.4, 0.5) is 5.69 Å². The SMILES string of the molecule is COc1ncccc1C(=O)Nc1cccc([C@]2(C)CC(=O)N([C@@H]3CCO[C@H](C)C3)C(N)=N2)c1Cl. The van der Waals surface area contributed by atoms with E-state index in [1.807, 2.05) is 13.8 Å². The highest BCUT2D eigenvalue weighted by molar-refractivity contribution is 6.35. The van der Waals surface area contributed by atoms with Gasteiger partial charge in [-0.2, -0.15) is 0 Å². The molecule has 1 saturated heterocycles. The zero-order valence-corrected chi connectivity index (χ0v) is 20.1. The van der Waals surface area contributed by atoms with E-state index >= 15 is 0 Å². The van der Waals surface area contributed by atoms with Gasteiger partial charge in [0, 0.05) is 24.4 Å². The third-order valence-electron chi connectivity index (χ3n) is 6.23. The van der Waals surface area contributed by atoms with E-state index in [9.17, 15) is 9.59 Å². The summed E-state index contributed by atoms with van der Waals surface area (Å²) in [5.74, 6) is -0.156. The Kier molecular flexibility index (Phi) is 6.77. The van der Waals surface area contributed by atoms with Crippen molar-refractivity contribution in [3.05, 3.63) is 52.7 Å². The molecule has 0 radical (unpaired) electrons. The first kappa shape index (κ1) is 24.0. The van der Waals surface area contributed by atoms with Gasteiger partial charge in [0.2, 0.25) is 11.8 Å². The second-order valence-corrected chi connectivity index (χ2v) is 9.10. The van der Waals surface area contributed by atoms with E-state index in [1.54, 1.807) is 35.2 Å². The van der Waals surface area contributed by atoms with Crippen molar-refractivity contribution >= 4 is 35.1 Å². The number of halogens is 1. The molecule has 34 heavy (non-hydrogen) atoms. The van der Waals surface area contributed by atoms with Gasteiger partial charge in [-0.15, -0.1) is 0 Å². The van der Waals surface area contributed by atoms with Crippen molar-refractivity contribution in [2.24, 2.45) is 10.7 Å². The molecule has 0 spiro atoms. The van der Waals surface area contributed by atoms with Gasteiger partial charge < -0.3 is 20.5 Å². The van der Waals surface area contributed by atoms with Crippen LogP contribution >= 0.6 is 11.6 Å². The lowest BCUT2D eigenvalue weighted by molar-refractivity contribution is -0.133. The molecule has 10 heteroatoms. The van der Waals surface area contributed by atoms with Crippen molar-refractivity contribution in [2.75, 3.05) is 19.0 Å². The van der Waals surface area contributed by atoms with Gasteiger partial charge in [-0.05, 0) is 44.9 Å². The Hall–Kier alpha value is -3.17. The maximum atomic E-state index is 13.2. The number of aliphatic imine (C=N–C) groups is 1. The number of anilines is 1. The van der Waals surface area contributed by atoms with Gasteiger partial charge in [-0.3, -0.25) is 14.5 Å². The first-order valence-corrected chi connectivity index (χ1v) is 11.5. The van der Waals surface area contributed by atoms with Crippen LogP contribution in [0.1, 0.15) is 49.0 Å². The number of nitrogens with one attached hydrogen (secondary N) is 1. The number of amides is 2. The number of hydrogen-bond acceptors (Lipinski definition) is 7. The van der Waals surface area contributed by atoms with Gasteiger partial charge >= 0.3 is 0 Å². The monoisotopic (exact) mass is 485 g/mol. The number of aromatic nitrogens is 1. The smallest absolute Gasteiger partial charge is 0.261 e. The topological polar surface area (TPSA) is 119 Å². The molecule has 2 aliphatic heterocycles. The second kappa shape index (κ2) is 9.60. The van der Waals surface area contributed by atoms with Crippen molar-refractivity contribution in [3.63, 3.8) is 0 Å².